The highest BCUT2D eigenvalue weighted by Gasteiger charge is 2.24. The minimum absolute atomic E-state index is 0.0502. The molecule has 1 saturated heterocycles. The fraction of sp³-hybridized carbons (Fsp3) is 0.579. The first-order valence-electron chi connectivity index (χ1n) is 9.54. The number of rotatable bonds is 4. The smallest absolute Gasteiger partial charge is 0.318 e. The van der Waals surface area contributed by atoms with Crippen LogP contribution in [0.2, 0.25) is 0 Å². The summed E-state index contributed by atoms with van der Waals surface area (Å²) < 4.78 is 7.35. The molecule has 26 heavy (non-hydrogen) atoms. The van der Waals surface area contributed by atoms with Crippen molar-refractivity contribution < 1.29 is 9.21 Å². The lowest BCUT2D eigenvalue weighted by atomic mass is 10.2. The molecule has 2 amide bonds. The molecule has 0 bridgehead atoms. The molecule has 0 saturated carbocycles. The number of hydrogen-bond donors (Lipinski definition) is 1. The molecule has 140 valence electrons. The molecule has 1 atom stereocenters. The Labute approximate surface area is 153 Å². The second-order valence-corrected chi connectivity index (χ2v) is 7.33. The summed E-state index contributed by atoms with van der Waals surface area (Å²) in [7, 11) is 0. The Kier molecular flexibility index (Phi) is 4.97. The first kappa shape index (κ1) is 17.1. The Bertz CT molecular complexity index is 739. The fourth-order valence-electron chi connectivity index (χ4n) is 3.90. The van der Waals surface area contributed by atoms with Gasteiger partial charge in [-0.3, -0.25) is 9.58 Å². The Morgan fingerprint density at radius 1 is 1.35 bits per heavy atom. The van der Waals surface area contributed by atoms with Gasteiger partial charge in [-0.1, -0.05) is 0 Å². The Balaban J connectivity index is 1.38. The average Bonchev–Trinajstić information content (AvgIpc) is 3.34. The summed E-state index contributed by atoms with van der Waals surface area (Å²) in [5.74, 6) is 0.764. The van der Waals surface area contributed by atoms with Crippen LogP contribution in [0.3, 0.4) is 0 Å². The molecule has 4 heterocycles. The van der Waals surface area contributed by atoms with Crippen LogP contribution < -0.4 is 5.32 Å². The van der Waals surface area contributed by atoms with E-state index in [4.69, 9.17) is 9.52 Å². The molecule has 0 aromatic carbocycles. The van der Waals surface area contributed by atoms with Crippen molar-refractivity contribution in [2.45, 2.75) is 58.4 Å². The molecule has 1 fully saturated rings. The molecular weight excluding hydrogens is 330 g/mol. The topological polar surface area (TPSA) is 66.5 Å². The molecule has 2 aliphatic heterocycles. The minimum Gasteiger partial charge on any atom is -0.467 e. The molecule has 0 radical (unpaired) electrons. The van der Waals surface area contributed by atoms with Gasteiger partial charge >= 0.3 is 6.03 Å². The Morgan fingerprint density at radius 3 is 3.04 bits per heavy atom. The summed E-state index contributed by atoms with van der Waals surface area (Å²) in [6, 6.07) is 6.45. The second-order valence-electron chi connectivity index (χ2n) is 7.33. The van der Waals surface area contributed by atoms with E-state index in [2.05, 4.69) is 27.9 Å². The number of carbonyl (C=O) groups excluding carboxylic acids is 1. The first-order valence-corrected chi connectivity index (χ1v) is 9.54. The standard InChI is InChI=1S/C19H27N5O2/c1-15-5-2-7-22(15)13-16-11-17-14-23(8-4-9-24(17)21-16)19(25)20-12-18-6-3-10-26-18/h3,6,10-11,15H,2,4-5,7-9,12-14H2,1H3,(H,20,25)/t15-/m1/s1. The summed E-state index contributed by atoms with van der Waals surface area (Å²) in [6.07, 6.45) is 5.09. The van der Waals surface area contributed by atoms with Crippen molar-refractivity contribution in [3.05, 3.63) is 41.6 Å². The predicted octanol–water partition coefficient (Wildman–Crippen LogP) is 2.58. The molecule has 1 N–H and O–H groups in total. The summed E-state index contributed by atoms with van der Waals surface area (Å²) >= 11 is 0. The molecule has 2 aliphatic rings. The number of amides is 2. The third-order valence-corrected chi connectivity index (χ3v) is 5.40. The van der Waals surface area contributed by atoms with E-state index in [1.54, 1.807) is 6.26 Å². The number of aromatic nitrogens is 2. The van der Waals surface area contributed by atoms with Crippen LogP contribution in [0.1, 0.15) is 43.3 Å². The lowest BCUT2D eigenvalue weighted by Gasteiger charge is -2.20. The van der Waals surface area contributed by atoms with Crippen LogP contribution in [0.5, 0.6) is 0 Å². The van der Waals surface area contributed by atoms with E-state index >= 15 is 0 Å². The molecule has 0 unspecified atom stereocenters. The number of aryl methyl sites for hydroxylation is 1. The highest BCUT2D eigenvalue weighted by Crippen LogP contribution is 2.21. The first-order chi connectivity index (χ1) is 12.7. The quantitative estimate of drug-likeness (QED) is 0.913. The molecular formula is C19H27N5O2. The maximum absolute atomic E-state index is 12.5. The van der Waals surface area contributed by atoms with Crippen LogP contribution in [-0.4, -0.2) is 44.7 Å². The van der Waals surface area contributed by atoms with E-state index in [0.29, 0.717) is 19.1 Å². The number of urea groups is 1. The number of carbonyl (C=O) groups is 1. The molecule has 0 aliphatic carbocycles. The zero-order valence-electron chi connectivity index (χ0n) is 15.4. The van der Waals surface area contributed by atoms with Crippen LogP contribution >= 0.6 is 0 Å². The third kappa shape index (κ3) is 3.77. The maximum atomic E-state index is 12.5. The fourth-order valence-corrected chi connectivity index (χ4v) is 3.90. The van der Waals surface area contributed by atoms with E-state index < -0.39 is 0 Å². The van der Waals surface area contributed by atoms with Crippen molar-refractivity contribution in [1.29, 1.82) is 0 Å². The average molecular weight is 357 g/mol. The van der Waals surface area contributed by atoms with Gasteiger partial charge in [0.25, 0.3) is 0 Å². The van der Waals surface area contributed by atoms with Crippen LogP contribution in [0.15, 0.2) is 28.9 Å². The van der Waals surface area contributed by atoms with Gasteiger partial charge in [-0.25, -0.2) is 4.79 Å². The number of nitrogens with zero attached hydrogens (tertiary/aromatic N) is 4. The number of hydrogen-bond acceptors (Lipinski definition) is 4. The summed E-state index contributed by atoms with van der Waals surface area (Å²) in [4.78, 5) is 16.9. The van der Waals surface area contributed by atoms with E-state index in [-0.39, 0.29) is 6.03 Å². The highest BCUT2D eigenvalue weighted by atomic mass is 16.3. The van der Waals surface area contributed by atoms with Gasteiger partial charge in [-0.2, -0.15) is 5.10 Å². The van der Waals surface area contributed by atoms with E-state index in [1.165, 1.54) is 12.8 Å². The molecule has 0 spiro atoms. The Morgan fingerprint density at radius 2 is 2.27 bits per heavy atom. The van der Waals surface area contributed by atoms with E-state index in [1.807, 2.05) is 17.0 Å². The van der Waals surface area contributed by atoms with Crippen molar-refractivity contribution in [3.8, 4) is 0 Å². The van der Waals surface area contributed by atoms with Crippen LogP contribution in [0, 0.1) is 0 Å². The number of fused-ring (bicyclic) bond motifs is 1. The van der Waals surface area contributed by atoms with Gasteiger partial charge in [0.2, 0.25) is 0 Å². The van der Waals surface area contributed by atoms with Gasteiger partial charge < -0.3 is 14.6 Å². The lowest BCUT2D eigenvalue weighted by molar-refractivity contribution is 0.194. The third-order valence-electron chi connectivity index (χ3n) is 5.40. The minimum atomic E-state index is -0.0502. The lowest BCUT2D eigenvalue weighted by Crippen LogP contribution is -2.39. The zero-order chi connectivity index (χ0) is 17.9. The van der Waals surface area contributed by atoms with Crippen LogP contribution in [0.25, 0.3) is 0 Å². The van der Waals surface area contributed by atoms with Gasteiger partial charge in [0, 0.05) is 25.7 Å². The van der Waals surface area contributed by atoms with Crippen molar-refractivity contribution in [1.82, 2.24) is 24.9 Å². The van der Waals surface area contributed by atoms with Gasteiger partial charge in [0.05, 0.1) is 30.7 Å². The Hall–Kier alpha value is -2.28. The monoisotopic (exact) mass is 357 g/mol. The largest absolute Gasteiger partial charge is 0.467 e. The second kappa shape index (κ2) is 7.53. The van der Waals surface area contributed by atoms with Crippen LogP contribution in [0.4, 0.5) is 4.79 Å². The summed E-state index contributed by atoms with van der Waals surface area (Å²) in [6.45, 7) is 6.99. The summed E-state index contributed by atoms with van der Waals surface area (Å²) in [5, 5.41) is 7.73. The van der Waals surface area contributed by atoms with Gasteiger partial charge in [-0.05, 0) is 50.9 Å². The van der Waals surface area contributed by atoms with Crippen molar-refractivity contribution >= 4 is 6.03 Å². The molecule has 7 heteroatoms. The van der Waals surface area contributed by atoms with Crippen molar-refractivity contribution in [2.75, 3.05) is 13.1 Å². The normalized spacial score (nSPS) is 20.8. The number of furan rings is 1. The van der Waals surface area contributed by atoms with Crippen LogP contribution in [-0.2, 0) is 26.2 Å². The maximum Gasteiger partial charge on any atom is 0.318 e. The number of nitrogens with one attached hydrogen (secondary N) is 1. The number of likely N-dealkylation sites (tertiary alicyclic amines) is 1. The van der Waals surface area contributed by atoms with Gasteiger partial charge in [0.1, 0.15) is 5.76 Å². The van der Waals surface area contributed by atoms with E-state index in [0.717, 1.165) is 49.7 Å². The molecule has 2 aromatic heterocycles. The van der Waals surface area contributed by atoms with Gasteiger partial charge in [0.15, 0.2) is 0 Å². The molecule has 2 aromatic rings. The SMILES string of the molecule is C[C@@H]1CCCN1Cc1cc2n(n1)CCCN(C(=O)NCc1ccco1)C2. The summed E-state index contributed by atoms with van der Waals surface area (Å²) in [5.41, 5.74) is 2.24. The molecule has 7 nitrogen and oxygen atoms in total. The molecule has 4 rings (SSSR count). The van der Waals surface area contributed by atoms with Crippen molar-refractivity contribution in [2.24, 2.45) is 0 Å². The van der Waals surface area contributed by atoms with Gasteiger partial charge in [-0.15, -0.1) is 0 Å². The highest BCUT2D eigenvalue weighted by molar-refractivity contribution is 5.74. The predicted molar refractivity (Wildman–Crippen MR) is 97.3 cm³/mol. The van der Waals surface area contributed by atoms with E-state index in [9.17, 15) is 4.79 Å². The zero-order valence-corrected chi connectivity index (χ0v) is 15.4. The van der Waals surface area contributed by atoms with Crippen molar-refractivity contribution in [3.63, 3.8) is 0 Å².